The molecule has 0 unspecified atom stereocenters. The summed E-state index contributed by atoms with van der Waals surface area (Å²) in [5.41, 5.74) is 1.90. The van der Waals surface area contributed by atoms with E-state index in [9.17, 15) is 0 Å². The summed E-state index contributed by atoms with van der Waals surface area (Å²) in [5.74, 6) is 0. The van der Waals surface area contributed by atoms with Gasteiger partial charge in [-0.15, -0.1) is 16.5 Å². The molecule has 16 heavy (non-hydrogen) atoms. The van der Waals surface area contributed by atoms with Crippen LogP contribution in [0.25, 0.3) is 11.3 Å². The third-order valence-electron chi connectivity index (χ3n) is 1.82. The first-order valence-electron chi connectivity index (χ1n) is 5.02. The van der Waals surface area contributed by atoms with Gasteiger partial charge in [0, 0.05) is 23.3 Å². The van der Waals surface area contributed by atoms with Crippen molar-refractivity contribution in [3.63, 3.8) is 0 Å². The summed E-state index contributed by atoms with van der Waals surface area (Å²) in [4.78, 5) is 8.43. The molecule has 0 atom stereocenters. The summed E-state index contributed by atoms with van der Waals surface area (Å²) >= 11 is 1.49. The molecule has 0 aliphatic carbocycles. The largest absolute Gasteiger partial charge is 0.264 e. The Kier molecular flexibility index (Phi) is 3.36. The lowest BCUT2D eigenvalue weighted by molar-refractivity contribution is 0.778. The summed E-state index contributed by atoms with van der Waals surface area (Å²) in [7, 11) is 0. The van der Waals surface area contributed by atoms with Crippen LogP contribution in [-0.4, -0.2) is 16.0 Å². The molecule has 0 amide bonds. The molecule has 0 spiro atoms. The van der Waals surface area contributed by atoms with Crippen LogP contribution in [0.1, 0.15) is 13.8 Å². The van der Waals surface area contributed by atoms with Crippen LogP contribution in [0.5, 0.6) is 0 Å². The molecule has 0 aliphatic rings. The maximum Gasteiger partial charge on any atom is 0.230 e. The highest BCUT2D eigenvalue weighted by Gasteiger charge is 2.03. The highest BCUT2D eigenvalue weighted by molar-refractivity contribution is 7.13. The predicted octanol–water partition coefficient (Wildman–Crippen LogP) is 3.70. The van der Waals surface area contributed by atoms with Gasteiger partial charge in [-0.25, -0.2) is 4.98 Å². The second-order valence-electron chi connectivity index (χ2n) is 3.57. The average molecular weight is 232 g/mol. The summed E-state index contributed by atoms with van der Waals surface area (Å²) in [6.07, 6.45) is 3.54. The Hall–Kier alpha value is -1.62. The maximum absolute atomic E-state index is 4.37. The highest BCUT2D eigenvalue weighted by Crippen LogP contribution is 2.26. The fraction of sp³-hybridized carbons (Fsp3) is 0.273. The monoisotopic (exact) mass is 232 g/mol. The molecule has 4 nitrogen and oxygen atoms in total. The van der Waals surface area contributed by atoms with Gasteiger partial charge < -0.3 is 0 Å². The van der Waals surface area contributed by atoms with Gasteiger partial charge in [-0.1, -0.05) is 0 Å². The first-order chi connectivity index (χ1) is 7.75. The van der Waals surface area contributed by atoms with Crippen LogP contribution in [0.15, 0.2) is 40.1 Å². The van der Waals surface area contributed by atoms with Crippen molar-refractivity contribution in [3.05, 3.63) is 29.9 Å². The molecular weight excluding hydrogens is 220 g/mol. The molecule has 5 heteroatoms. The van der Waals surface area contributed by atoms with Gasteiger partial charge in [0.25, 0.3) is 0 Å². The number of thiazole rings is 1. The molecule has 2 aromatic heterocycles. The van der Waals surface area contributed by atoms with Crippen LogP contribution >= 0.6 is 11.3 Å². The van der Waals surface area contributed by atoms with Crippen molar-refractivity contribution in [1.29, 1.82) is 0 Å². The number of aromatic nitrogens is 2. The van der Waals surface area contributed by atoms with Crippen molar-refractivity contribution in [1.82, 2.24) is 9.97 Å². The van der Waals surface area contributed by atoms with E-state index in [0.29, 0.717) is 5.13 Å². The van der Waals surface area contributed by atoms with Crippen molar-refractivity contribution >= 4 is 16.5 Å². The predicted molar refractivity (Wildman–Crippen MR) is 65.0 cm³/mol. The number of nitrogens with zero attached hydrogens (tertiary/aromatic N) is 4. The number of pyridine rings is 1. The highest BCUT2D eigenvalue weighted by atomic mass is 32.1. The van der Waals surface area contributed by atoms with E-state index in [1.54, 1.807) is 12.4 Å². The van der Waals surface area contributed by atoms with Crippen molar-refractivity contribution in [2.45, 2.75) is 19.9 Å². The van der Waals surface area contributed by atoms with E-state index >= 15 is 0 Å². The van der Waals surface area contributed by atoms with Gasteiger partial charge in [0.15, 0.2) is 0 Å². The maximum atomic E-state index is 4.37. The lowest BCUT2D eigenvalue weighted by atomic mass is 10.2. The van der Waals surface area contributed by atoms with Gasteiger partial charge in [0.2, 0.25) is 5.13 Å². The molecule has 0 bridgehead atoms. The molecule has 2 rings (SSSR count). The first kappa shape index (κ1) is 10.9. The third-order valence-corrected chi connectivity index (χ3v) is 2.55. The number of rotatable bonds is 3. The summed E-state index contributed by atoms with van der Waals surface area (Å²) in [6, 6.07) is 4.07. The third kappa shape index (κ3) is 2.70. The molecule has 0 fully saturated rings. The van der Waals surface area contributed by atoms with E-state index in [4.69, 9.17) is 0 Å². The van der Waals surface area contributed by atoms with Gasteiger partial charge >= 0.3 is 0 Å². The smallest absolute Gasteiger partial charge is 0.230 e. The summed E-state index contributed by atoms with van der Waals surface area (Å²) < 4.78 is 0. The normalized spacial score (nSPS) is 11.4. The SMILES string of the molecule is CC(C)N=Nc1nc(-c2cccnc2)cs1. The quantitative estimate of drug-likeness (QED) is 0.757. The molecule has 0 radical (unpaired) electrons. The zero-order valence-electron chi connectivity index (χ0n) is 9.16. The molecule has 2 aromatic rings. The van der Waals surface area contributed by atoms with Crippen LogP contribution < -0.4 is 0 Å². The minimum Gasteiger partial charge on any atom is -0.264 e. The number of hydrogen-bond acceptors (Lipinski definition) is 5. The van der Waals surface area contributed by atoms with Crippen molar-refractivity contribution in [2.75, 3.05) is 0 Å². The number of azo groups is 1. The van der Waals surface area contributed by atoms with Crippen molar-refractivity contribution in [3.8, 4) is 11.3 Å². The average Bonchev–Trinajstić information content (AvgIpc) is 2.76. The van der Waals surface area contributed by atoms with Crippen LogP contribution in [0, 0.1) is 0 Å². The Morgan fingerprint density at radius 2 is 2.25 bits per heavy atom. The van der Waals surface area contributed by atoms with Gasteiger partial charge in [-0.3, -0.25) is 4.98 Å². The summed E-state index contributed by atoms with van der Waals surface area (Å²) in [6.45, 7) is 3.97. The Morgan fingerprint density at radius 1 is 1.38 bits per heavy atom. The van der Waals surface area contributed by atoms with Crippen molar-refractivity contribution in [2.24, 2.45) is 10.2 Å². The van der Waals surface area contributed by atoms with Crippen LogP contribution in [-0.2, 0) is 0 Å². The molecule has 0 aliphatic heterocycles. The fourth-order valence-electron chi connectivity index (χ4n) is 1.12. The topological polar surface area (TPSA) is 50.5 Å². The number of hydrogen-bond donors (Lipinski definition) is 0. The van der Waals surface area contributed by atoms with Crippen LogP contribution in [0.4, 0.5) is 5.13 Å². The van der Waals surface area contributed by atoms with Crippen LogP contribution in [0.3, 0.4) is 0 Å². The molecule has 0 N–H and O–H groups in total. The van der Waals surface area contributed by atoms with Gasteiger partial charge in [0.1, 0.15) is 0 Å². The van der Waals surface area contributed by atoms with E-state index in [2.05, 4.69) is 20.2 Å². The molecule has 2 heterocycles. The second-order valence-corrected chi connectivity index (χ2v) is 4.40. The van der Waals surface area contributed by atoms with E-state index in [1.807, 2.05) is 31.4 Å². The zero-order valence-corrected chi connectivity index (χ0v) is 9.98. The Labute approximate surface area is 98.1 Å². The van der Waals surface area contributed by atoms with Crippen LogP contribution in [0.2, 0.25) is 0 Å². The Bertz CT molecular complexity index is 476. The molecule has 0 aromatic carbocycles. The molecule has 82 valence electrons. The van der Waals surface area contributed by atoms with E-state index < -0.39 is 0 Å². The standard InChI is InChI=1S/C11H12N4S/c1-8(2)14-15-11-13-10(7-16-11)9-4-3-5-12-6-9/h3-8H,1-2H3. The van der Waals surface area contributed by atoms with Gasteiger partial charge in [-0.2, -0.15) is 5.11 Å². The van der Waals surface area contributed by atoms with Gasteiger partial charge in [0.05, 0.1) is 11.7 Å². The molecule has 0 saturated heterocycles. The Balaban J connectivity index is 2.20. The van der Waals surface area contributed by atoms with E-state index in [1.165, 1.54) is 11.3 Å². The zero-order chi connectivity index (χ0) is 11.4. The summed E-state index contributed by atoms with van der Waals surface area (Å²) in [5, 5.41) is 10.8. The first-order valence-corrected chi connectivity index (χ1v) is 5.90. The van der Waals surface area contributed by atoms with Gasteiger partial charge in [-0.05, 0) is 26.0 Å². The molecular formula is C11H12N4S. The van der Waals surface area contributed by atoms with Crippen molar-refractivity contribution < 1.29 is 0 Å². The molecule has 0 saturated carbocycles. The lowest BCUT2D eigenvalue weighted by Gasteiger charge is -1.92. The Morgan fingerprint density at radius 3 is 2.94 bits per heavy atom. The van der Waals surface area contributed by atoms with E-state index in [-0.39, 0.29) is 6.04 Å². The fourth-order valence-corrected chi connectivity index (χ4v) is 1.77. The minimum absolute atomic E-state index is 0.200. The lowest BCUT2D eigenvalue weighted by Crippen LogP contribution is -1.83. The second kappa shape index (κ2) is 4.94. The minimum atomic E-state index is 0.200. The van der Waals surface area contributed by atoms with E-state index in [0.717, 1.165) is 11.3 Å².